The van der Waals surface area contributed by atoms with Crippen LogP contribution < -0.4 is 20.9 Å². The molecule has 0 aromatic heterocycles. The SMILES string of the molecule is CCCCOc1ccccc1C(=O)NC(=S)NNC(=O)c1ccccc1. The number of nitrogens with one attached hydrogen (secondary N) is 3. The molecule has 7 heteroatoms. The number of hydrogen-bond acceptors (Lipinski definition) is 4. The standard InChI is InChI=1S/C19H21N3O3S/c1-2-3-13-25-16-12-8-7-11-15(16)18(24)20-19(26)22-21-17(23)14-9-5-4-6-10-14/h4-12H,2-3,13H2,1H3,(H,21,23)(H2,20,22,24,26). The molecular weight excluding hydrogens is 350 g/mol. The van der Waals surface area contributed by atoms with Crippen molar-refractivity contribution in [3.05, 3.63) is 65.7 Å². The Kier molecular flexibility index (Phi) is 7.57. The minimum atomic E-state index is -0.413. The smallest absolute Gasteiger partial charge is 0.269 e. The van der Waals surface area contributed by atoms with Crippen molar-refractivity contribution in [3.8, 4) is 5.75 Å². The Hall–Kier alpha value is -2.93. The van der Waals surface area contributed by atoms with Gasteiger partial charge in [-0.15, -0.1) is 0 Å². The highest BCUT2D eigenvalue weighted by Crippen LogP contribution is 2.18. The monoisotopic (exact) mass is 371 g/mol. The van der Waals surface area contributed by atoms with Crippen LogP contribution in [0, 0.1) is 0 Å². The molecule has 2 aromatic rings. The van der Waals surface area contributed by atoms with E-state index in [1.807, 2.05) is 6.07 Å². The molecule has 0 bridgehead atoms. The van der Waals surface area contributed by atoms with Crippen LogP contribution in [0.4, 0.5) is 0 Å². The van der Waals surface area contributed by atoms with Crippen LogP contribution >= 0.6 is 12.2 Å². The number of hydrogen-bond donors (Lipinski definition) is 3. The zero-order chi connectivity index (χ0) is 18.8. The molecule has 0 aliphatic rings. The third-order valence-corrected chi connectivity index (χ3v) is 3.64. The quantitative estimate of drug-likeness (QED) is 0.413. The number of carbonyl (C=O) groups is 2. The van der Waals surface area contributed by atoms with Gasteiger partial charge in [-0.05, 0) is 42.9 Å². The van der Waals surface area contributed by atoms with Gasteiger partial charge in [0.1, 0.15) is 5.75 Å². The molecule has 0 atom stereocenters. The van der Waals surface area contributed by atoms with Gasteiger partial charge < -0.3 is 4.74 Å². The van der Waals surface area contributed by atoms with Crippen LogP contribution in [0.3, 0.4) is 0 Å². The summed E-state index contributed by atoms with van der Waals surface area (Å²) in [5, 5.41) is 2.51. The number of benzene rings is 2. The Labute approximate surface area is 157 Å². The molecule has 0 aliphatic carbocycles. The van der Waals surface area contributed by atoms with Gasteiger partial charge in [0, 0.05) is 5.56 Å². The predicted molar refractivity (Wildman–Crippen MR) is 104 cm³/mol. The van der Waals surface area contributed by atoms with E-state index >= 15 is 0 Å². The number of thiocarbonyl (C=S) groups is 1. The lowest BCUT2D eigenvalue weighted by atomic mass is 10.2. The fraction of sp³-hybridized carbons (Fsp3) is 0.211. The molecule has 2 amide bonds. The summed E-state index contributed by atoms with van der Waals surface area (Å²) in [6, 6.07) is 15.6. The van der Waals surface area contributed by atoms with Gasteiger partial charge >= 0.3 is 0 Å². The summed E-state index contributed by atoms with van der Waals surface area (Å²) < 4.78 is 5.64. The van der Waals surface area contributed by atoms with Crippen LogP contribution in [0.5, 0.6) is 5.75 Å². The summed E-state index contributed by atoms with van der Waals surface area (Å²) in [7, 11) is 0. The van der Waals surface area contributed by atoms with Crippen molar-refractivity contribution >= 4 is 29.1 Å². The van der Waals surface area contributed by atoms with Crippen LogP contribution in [0.1, 0.15) is 40.5 Å². The number of amides is 2. The first-order valence-corrected chi connectivity index (χ1v) is 8.71. The summed E-state index contributed by atoms with van der Waals surface area (Å²) in [6.07, 6.45) is 1.91. The lowest BCUT2D eigenvalue weighted by Gasteiger charge is -2.13. The van der Waals surface area contributed by atoms with Crippen LogP contribution in [0.2, 0.25) is 0 Å². The molecule has 6 nitrogen and oxygen atoms in total. The van der Waals surface area contributed by atoms with Gasteiger partial charge in [-0.25, -0.2) is 0 Å². The highest BCUT2D eigenvalue weighted by atomic mass is 32.1. The Morgan fingerprint density at radius 1 is 0.962 bits per heavy atom. The summed E-state index contributed by atoms with van der Waals surface area (Å²) >= 11 is 5.05. The number of rotatable bonds is 6. The van der Waals surface area contributed by atoms with Crippen molar-refractivity contribution in [1.29, 1.82) is 0 Å². The summed E-state index contributed by atoms with van der Waals surface area (Å²) in [6.45, 7) is 2.60. The Morgan fingerprint density at radius 3 is 2.38 bits per heavy atom. The Bertz CT molecular complexity index is 766. The molecule has 0 radical (unpaired) electrons. The van der Waals surface area contributed by atoms with Crippen molar-refractivity contribution in [2.75, 3.05) is 6.61 Å². The van der Waals surface area contributed by atoms with Crippen LogP contribution in [0.15, 0.2) is 54.6 Å². The van der Waals surface area contributed by atoms with E-state index in [1.54, 1.807) is 48.5 Å². The minimum absolute atomic E-state index is 0.0114. The highest BCUT2D eigenvalue weighted by molar-refractivity contribution is 7.80. The third kappa shape index (κ3) is 5.86. The molecule has 0 fully saturated rings. The second kappa shape index (κ2) is 10.1. The molecule has 0 heterocycles. The van der Waals surface area contributed by atoms with Gasteiger partial charge in [0.05, 0.1) is 12.2 Å². The minimum Gasteiger partial charge on any atom is -0.493 e. The van der Waals surface area contributed by atoms with Gasteiger partial charge in [-0.2, -0.15) is 0 Å². The number of hydrazine groups is 1. The normalized spacial score (nSPS) is 9.88. The average molecular weight is 371 g/mol. The molecule has 0 spiro atoms. The highest BCUT2D eigenvalue weighted by Gasteiger charge is 2.14. The molecule has 0 saturated carbocycles. The van der Waals surface area contributed by atoms with Crippen molar-refractivity contribution in [1.82, 2.24) is 16.2 Å². The zero-order valence-corrected chi connectivity index (χ0v) is 15.3. The Morgan fingerprint density at radius 2 is 1.65 bits per heavy atom. The summed E-state index contributed by atoms with van der Waals surface area (Å²) in [4.78, 5) is 24.3. The second-order valence-corrected chi connectivity index (χ2v) is 5.83. The first-order chi connectivity index (χ1) is 12.6. The van der Waals surface area contributed by atoms with Crippen LogP contribution in [-0.2, 0) is 0 Å². The van der Waals surface area contributed by atoms with Gasteiger partial charge in [0.25, 0.3) is 11.8 Å². The largest absolute Gasteiger partial charge is 0.493 e. The number of para-hydroxylation sites is 1. The van der Waals surface area contributed by atoms with Gasteiger partial charge in [0.2, 0.25) is 0 Å². The number of unbranched alkanes of at least 4 members (excludes halogenated alkanes) is 1. The Balaban J connectivity index is 1.89. The molecule has 0 aliphatic heterocycles. The van der Waals surface area contributed by atoms with E-state index in [1.165, 1.54) is 0 Å². The first kappa shape index (κ1) is 19.4. The lowest BCUT2D eigenvalue weighted by Crippen LogP contribution is -2.48. The van der Waals surface area contributed by atoms with Crippen LogP contribution in [0.25, 0.3) is 0 Å². The average Bonchev–Trinajstić information content (AvgIpc) is 2.67. The lowest BCUT2D eigenvalue weighted by molar-refractivity contribution is 0.0933. The molecule has 3 N–H and O–H groups in total. The van der Waals surface area contributed by atoms with E-state index in [9.17, 15) is 9.59 Å². The summed E-state index contributed by atoms with van der Waals surface area (Å²) in [5.41, 5.74) is 5.80. The van der Waals surface area contributed by atoms with E-state index in [0.717, 1.165) is 12.8 Å². The summed E-state index contributed by atoms with van der Waals surface area (Å²) in [5.74, 6) is -0.274. The molecule has 26 heavy (non-hydrogen) atoms. The van der Waals surface area contributed by atoms with Crippen LogP contribution in [-0.4, -0.2) is 23.5 Å². The maximum Gasteiger partial charge on any atom is 0.269 e. The van der Waals surface area contributed by atoms with Crippen molar-refractivity contribution < 1.29 is 14.3 Å². The fourth-order valence-electron chi connectivity index (χ4n) is 2.08. The maximum atomic E-state index is 12.4. The van der Waals surface area contributed by atoms with E-state index < -0.39 is 5.91 Å². The van der Waals surface area contributed by atoms with E-state index in [2.05, 4.69) is 23.1 Å². The van der Waals surface area contributed by atoms with Crippen molar-refractivity contribution in [2.24, 2.45) is 0 Å². The van der Waals surface area contributed by atoms with E-state index in [4.69, 9.17) is 17.0 Å². The molecule has 136 valence electrons. The third-order valence-electron chi connectivity index (χ3n) is 3.44. The number of carbonyl (C=O) groups excluding carboxylic acids is 2. The zero-order valence-electron chi connectivity index (χ0n) is 14.5. The van der Waals surface area contributed by atoms with E-state index in [0.29, 0.717) is 23.5 Å². The molecule has 0 unspecified atom stereocenters. The van der Waals surface area contributed by atoms with Gasteiger partial charge in [-0.1, -0.05) is 43.7 Å². The molecule has 2 aromatic carbocycles. The maximum absolute atomic E-state index is 12.4. The molecular formula is C19H21N3O3S. The second-order valence-electron chi connectivity index (χ2n) is 5.43. The van der Waals surface area contributed by atoms with Crippen molar-refractivity contribution in [2.45, 2.75) is 19.8 Å². The van der Waals surface area contributed by atoms with Crippen molar-refractivity contribution in [3.63, 3.8) is 0 Å². The molecule has 0 saturated heterocycles. The first-order valence-electron chi connectivity index (χ1n) is 8.30. The van der Waals surface area contributed by atoms with Gasteiger partial charge in [-0.3, -0.25) is 25.8 Å². The van der Waals surface area contributed by atoms with E-state index in [-0.39, 0.29) is 11.0 Å². The molecule has 2 rings (SSSR count). The number of ether oxygens (including phenoxy) is 1. The predicted octanol–water partition coefficient (Wildman–Crippen LogP) is 2.81. The topological polar surface area (TPSA) is 79.5 Å². The van der Waals surface area contributed by atoms with Gasteiger partial charge in [0.15, 0.2) is 5.11 Å². The fourth-order valence-corrected chi connectivity index (χ4v) is 2.23.